The van der Waals surface area contributed by atoms with Crippen molar-refractivity contribution in [3.05, 3.63) is 58.6 Å². The van der Waals surface area contributed by atoms with Gasteiger partial charge in [-0.25, -0.2) is 4.79 Å². The van der Waals surface area contributed by atoms with Crippen LogP contribution in [0.1, 0.15) is 43.7 Å². The fraction of sp³-hybridized carbons (Fsp3) is 0.480. The number of aryl methyl sites for hydroxylation is 1. The van der Waals surface area contributed by atoms with Gasteiger partial charge in [0.05, 0.1) is 12.7 Å². The first-order valence-electron chi connectivity index (χ1n) is 11.1. The average Bonchev–Trinajstić information content (AvgIpc) is 2.81. The highest BCUT2D eigenvalue weighted by Gasteiger charge is 2.40. The highest BCUT2D eigenvalue weighted by Crippen LogP contribution is 2.44. The van der Waals surface area contributed by atoms with E-state index in [1.54, 1.807) is 0 Å². The maximum absolute atomic E-state index is 12.2. The van der Waals surface area contributed by atoms with E-state index < -0.39 is 11.7 Å². The van der Waals surface area contributed by atoms with Gasteiger partial charge in [-0.2, -0.15) is 0 Å². The molecule has 2 atom stereocenters. The average molecular weight is 445 g/mol. The zero-order valence-electron chi connectivity index (χ0n) is 18.4. The molecule has 3 rings (SSSR count). The van der Waals surface area contributed by atoms with E-state index in [0.717, 1.165) is 49.0 Å². The van der Waals surface area contributed by atoms with Crippen molar-refractivity contribution in [3.63, 3.8) is 0 Å². The molecule has 1 aliphatic heterocycles. The van der Waals surface area contributed by atoms with Gasteiger partial charge in [0.25, 0.3) is 0 Å². The van der Waals surface area contributed by atoms with Gasteiger partial charge in [-0.1, -0.05) is 54.9 Å². The monoisotopic (exact) mass is 444 g/mol. The van der Waals surface area contributed by atoms with Crippen molar-refractivity contribution in [2.24, 2.45) is 5.92 Å². The Labute approximate surface area is 190 Å². The lowest BCUT2D eigenvalue weighted by atomic mass is 9.72. The molecule has 31 heavy (non-hydrogen) atoms. The molecule has 2 aromatic carbocycles. The van der Waals surface area contributed by atoms with Gasteiger partial charge in [-0.15, -0.1) is 0 Å². The number of hydrogen-bond acceptors (Lipinski definition) is 4. The van der Waals surface area contributed by atoms with Crippen molar-refractivity contribution in [2.45, 2.75) is 44.6 Å². The fourth-order valence-electron chi connectivity index (χ4n) is 4.56. The summed E-state index contributed by atoms with van der Waals surface area (Å²) in [4.78, 5) is 11.4. The van der Waals surface area contributed by atoms with Crippen LogP contribution >= 0.6 is 11.6 Å². The molecular weight excluding hydrogens is 412 g/mol. The molecule has 3 N–H and O–H groups in total. The maximum Gasteiger partial charge on any atom is 0.406 e. The summed E-state index contributed by atoms with van der Waals surface area (Å²) in [6.07, 6.45) is 3.59. The maximum atomic E-state index is 12.2. The molecule has 6 heteroatoms. The van der Waals surface area contributed by atoms with Crippen LogP contribution in [0.25, 0.3) is 11.1 Å². The second-order valence-corrected chi connectivity index (χ2v) is 8.61. The number of nitrogens with one attached hydrogen (secondary N) is 2. The van der Waals surface area contributed by atoms with Gasteiger partial charge in [0.1, 0.15) is 0 Å². The third kappa shape index (κ3) is 5.59. The van der Waals surface area contributed by atoms with Crippen molar-refractivity contribution in [1.29, 1.82) is 0 Å². The molecule has 1 fully saturated rings. The number of halogens is 1. The highest BCUT2D eigenvalue weighted by atomic mass is 35.5. The number of aliphatic hydroxyl groups is 1. The lowest BCUT2D eigenvalue weighted by Gasteiger charge is -2.40. The van der Waals surface area contributed by atoms with Crippen LogP contribution < -0.4 is 10.6 Å². The van der Waals surface area contributed by atoms with E-state index >= 15 is 0 Å². The van der Waals surface area contributed by atoms with E-state index in [9.17, 15) is 9.90 Å². The van der Waals surface area contributed by atoms with Crippen molar-refractivity contribution < 1.29 is 14.6 Å². The molecule has 168 valence electrons. The second-order valence-electron chi connectivity index (χ2n) is 8.21. The summed E-state index contributed by atoms with van der Waals surface area (Å²) >= 11 is 6.73. The minimum atomic E-state index is -1.06. The zero-order chi connectivity index (χ0) is 22.3. The van der Waals surface area contributed by atoms with Gasteiger partial charge >= 0.3 is 6.09 Å². The van der Waals surface area contributed by atoms with E-state index in [-0.39, 0.29) is 5.92 Å². The van der Waals surface area contributed by atoms with Crippen LogP contribution in [0.4, 0.5) is 4.79 Å². The van der Waals surface area contributed by atoms with Crippen LogP contribution in [0.5, 0.6) is 0 Å². The number of amides is 1. The number of methoxy groups -OCH3 is 1. The molecule has 0 bridgehead atoms. The summed E-state index contributed by atoms with van der Waals surface area (Å²) in [5, 5.41) is 19.0. The summed E-state index contributed by atoms with van der Waals surface area (Å²) in [6.45, 7) is 4.29. The third-order valence-electron chi connectivity index (χ3n) is 6.27. The molecule has 2 aromatic rings. The molecule has 1 saturated heterocycles. The minimum Gasteiger partial charge on any atom is -0.453 e. The number of ether oxygens (including phenoxy) is 1. The summed E-state index contributed by atoms with van der Waals surface area (Å²) in [5.74, 6) is 0.0611. The van der Waals surface area contributed by atoms with E-state index in [2.05, 4.69) is 40.5 Å². The molecule has 0 saturated carbocycles. The zero-order valence-corrected chi connectivity index (χ0v) is 19.2. The second kappa shape index (κ2) is 11.0. The lowest BCUT2D eigenvalue weighted by molar-refractivity contribution is -0.0415. The number of rotatable bonds is 8. The Balaban J connectivity index is 2.00. The van der Waals surface area contributed by atoms with Gasteiger partial charge < -0.3 is 20.5 Å². The quantitative estimate of drug-likeness (QED) is 0.507. The predicted octanol–water partition coefficient (Wildman–Crippen LogP) is 4.89. The summed E-state index contributed by atoms with van der Waals surface area (Å²) in [5.41, 5.74) is 2.95. The number of benzene rings is 2. The first kappa shape index (κ1) is 23.6. The summed E-state index contributed by atoms with van der Waals surface area (Å²) in [6, 6.07) is 14.2. The molecular formula is C25H33ClN2O3. The number of hydrogen-bond donors (Lipinski definition) is 3. The van der Waals surface area contributed by atoms with Crippen LogP contribution in [-0.4, -0.2) is 37.9 Å². The number of alkyl carbamates (subject to hydrolysis) is 1. The SMILES string of the molecule is CCc1cccc(-c2c(Cl)cccc2[C@](O)(CCCNC(=O)OC)C2CCCNC2)c1. The Hall–Kier alpha value is -2.08. The van der Waals surface area contributed by atoms with Gasteiger partial charge in [0.2, 0.25) is 0 Å². The van der Waals surface area contributed by atoms with Crippen molar-refractivity contribution in [1.82, 2.24) is 10.6 Å². The van der Waals surface area contributed by atoms with Crippen LogP contribution in [0, 0.1) is 5.92 Å². The lowest BCUT2D eigenvalue weighted by Crippen LogP contribution is -2.45. The predicted molar refractivity (Wildman–Crippen MR) is 125 cm³/mol. The van der Waals surface area contributed by atoms with Crippen molar-refractivity contribution >= 4 is 17.7 Å². The molecule has 1 heterocycles. The molecule has 1 aliphatic rings. The molecule has 0 spiro atoms. The van der Waals surface area contributed by atoms with Gasteiger partial charge in [0.15, 0.2) is 0 Å². The molecule has 1 amide bonds. The normalized spacial score (nSPS) is 18.3. The van der Waals surface area contributed by atoms with E-state index in [4.69, 9.17) is 11.6 Å². The topological polar surface area (TPSA) is 70.6 Å². The Bertz CT molecular complexity index is 883. The Morgan fingerprint density at radius 1 is 1.32 bits per heavy atom. The fourth-order valence-corrected chi connectivity index (χ4v) is 4.85. The molecule has 5 nitrogen and oxygen atoms in total. The number of carbonyl (C=O) groups is 1. The Kier molecular flexibility index (Phi) is 8.35. The Morgan fingerprint density at radius 2 is 2.13 bits per heavy atom. The summed E-state index contributed by atoms with van der Waals surface area (Å²) in [7, 11) is 1.35. The smallest absolute Gasteiger partial charge is 0.406 e. The first-order chi connectivity index (χ1) is 15.0. The van der Waals surface area contributed by atoms with Gasteiger partial charge in [-0.3, -0.25) is 0 Å². The standard InChI is InChI=1S/C25H33ClN2O3/c1-3-18-8-4-9-19(16-18)23-21(11-5-12-22(23)26)25(30,20-10-6-14-27-17-20)13-7-15-28-24(29)31-2/h4-5,8-9,11-12,16,20,27,30H,3,6-7,10,13-15,17H2,1-2H3,(H,28,29)/t20?,25-/m0/s1. The third-order valence-corrected chi connectivity index (χ3v) is 6.58. The van der Waals surface area contributed by atoms with E-state index in [1.165, 1.54) is 12.7 Å². The van der Waals surface area contributed by atoms with Gasteiger partial charge in [0, 0.05) is 29.6 Å². The van der Waals surface area contributed by atoms with Crippen LogP contribution in [-0.2, 0) is 16.8 Å². The van der Waals surface area contributed by atoms with Crippen molar-refractivity contribution in [3.8, 4) is 11.1 Å². The van der Waals surface area contributed by atoms with E-state index in [0.29, 0.717) is 24.4 Å². The number of carbonyl (C=O) groups excluding carboxylic acids is 1. The molecule has 0 aromatic heterocycles. The van der Waals surface area contributed by atoms with Crippen LogP contribution in [0.3, 0.4) is 0 Å². The highest BCUT2D eigenvalue weighted by molar-refractivity contribution is 6.33. The largest absolute Gasteiger partial charge is 0.453 e. The molecule has 1 unspecified atom stereocenters. The Morgan fingerprint density at radius 3 is 2.84 bits per heavy atom. The van der Waals surface area contributed by atoms with Crippen molar-refractivity contribution in [2.75, 3.05) is 26.7 Å². The number of piperidine rings is 1. The summed E-state index contributed by atoms with van der Waals surface area (Å²) < 4.78 is 4.66. The van der Waals surface area contributed by atoms with Crippen LogP contribution in [0.2, 0.25) is 5.02 Å². The van der Waals surface area contributed by atoms with Gasteiger partial charge in [-0.05, 0) is 61.4 Å². The first-order valence-corrected chi connectivity index (χ1v) is 11.5. The minimum absolute atomic E-state index is 0.0611. The molecule has 0 aliphatic carbocycles. The van der Waals surface area contributed by atoms with Crippen LogP contribution in [0.15, 0.2) is 42.5 Å². The molecule has 0 radical (unpaired) electrons. The van der Waals surface area contributed by atoms with E-state index in [1.807, 2.05) is 24.3 Å².